The highest BCUT2D eigenvalue weighted by molar-refractivity contribution is 5.90. The highest BCUT2D eigenvalue weighted by Gasteiger charge is 2.32. The smallest absolute Gasteiger partial charge is 0.337 e. The Morgan fingerprint density at radius 2 is 2.15 bits per heavy atom. The number of ether oxygens (including phenoxy) is 2. The summed E-state index contributed by atoms with van der Waals surface area (Å²) in [5.41, 5.74) is 0.760. The summed E-state index contributed by atoms with van der Waals surface area (Å²) in [6.45, 7) is 4.70. The van der Waals surface area contributed by atoms with Gasteiger partial charge in [-0.05, 0) is 12.8 Å². The lowest BCUT2D eigenvalue weighted by molar-refractivity contribution is -0.135. The van der Waals surface area contributed by atoms with Crippen LogP contribution in [-0.2, 0) is 14.3 Å². The topological polar surface area (TPSA) is 35.5 Å². The van der Waals surface area contributed by atoms with Crippen LogP contribution in [0.2, 0.25) is 0 Å². The Hall–Kier alpha value is -0.990. The Morgan fingerprint density at radius 1 is 1.38 bits per heavy atom. The zero-order valence-corrected chi connectivity index (χ0v) is 8.00. The third-order valence-corrected chi connectivity index (χ3v) is 2.81. The average Bonchev–Trinajstić information content (AvgIpc) is 2.60. The van der Waals surface area contributed by atoms with Gasteiger partial charge in [-0.15, -0.1) is 0 Å². The molecule has 0 amide bonds. The van der Waals surface area contributed by atoms with E-state index in [0.717, 1.165) is 17.8 Å². The van der Waals surface area contributed by atoms with E-state index in [1.54, 1.807) is 0 Å². The van der Waals surface area contributed by atoms with Gasteiger partial charge in [-0.3, -0.25) is 0 Å². The number of carbonyl (C=O) groups is 1. The lowest BCUT2D eigenvalue weighted by Crippen LogP contribution is -2.06. The first-order chi connectivity index (χ1) is 6.18. The summed E-state index contributed by atoms with van der Waals surface area (Å²) in [6, 6.07) is 0. The van der Waals surface area contributed by atoms with E-state index in [0.29, 0.717) is 18.9 Å². The molecule has 2 saturated heterocycles. The van der Waals surface area contributed by atoms with Crippen molar-refractivity contribution >= 4 is 5.97 Å². The van der Waals surface area contributed by atoms with E-state index in [9.17, 15) is 4.79 Å². The van der Waals surface area contributed by atoms with Crippen LogP contribution in [0.3, 0.4) is 0 Å². The Bertz CT molecular complexity index is 255. The Balaban J connectivity index is 2.21. The third kappa shape index (κ3) is 1.43. The normalized spacial score (nSPS) is 39.1. The van der Waals surface area contributed by atoms with Gasteiger partial charge in [0.15, 0.2) is 0 Å². The third-order valence-electron chi connectivity index (χ3n) is 2.81. The van der Waals surface area contributed by atoms with E-state index < -0.39 is 0 Å². The lowest BCUT2D eigenvalue weighted by Gasteiger charge is -2.06. The molecule has 0 spiro atoms. The first-order valence-electron chi connectivity index (χ1n) is 4.74. The van der Waals surface area contributed by atoms with Crippen LogP contribution in [-0.4, -0.2) is 18.7 Å². The van der Waals surface area contributed by atoms with Gasteiger partial charge in [0.1, 0.15) is 5.76 Å². The van der Waals surface area contributed by atoms with Crippen LogP contribution < -0.4 is 0 Å². The van der Waals surface area contributed by atoms with E-state index in [1.165, 1.54) is 0 Å². The van der Waals surface area contributed by atoms with Crippen LogP contribution in [0.15, 0.2) is 11.3 Å². The number of esters is 1. The minimum Gasteiger partial charge on any atom is -0.494 e. The van der Waals surface area contributed by atoms with Gasteiger partial charge in [-0.2, -0.15) is 0 Å². The summed E-state index contributed by atoms with van der Waals surface area (Å²) in [7, 11) is 0. The van der Waals surface area contributed by atoms with Crippen LogP contribution in [0.1, 0.15) is 26.7 Å². The van der Waals surface area contributed by atoms with E-state index in [2.05, 4.69) is 6.92 Å². The number of cyclic esters (lactones) is 1. The number of hydrogen-bond acceptors (Lipinski definition) is 3. The molecule has 0 aliphatic carbocycles. The van der Waals surface area contributed by atoms with E-state index >= 15 is 0 Å². The molecule has 0 aromatic heterocycles. The van der Waals surface area contributed by atoms with Gasteiger partial charge in [0.05, 0.1) is 18.3 Å². The molecule has 13 heavy (non-hydrogen) atoms. The fourth-order valence-corrected chi connectivity index (χ4v) is 1.73. The number of hydrogen-bond donors (Lipinski definition) is 0. The van der Waals surface area contributed by atoms with Crippen molar-refractivity contribution in [3.05, 3.63) is 11.3 Å². The summed E-state index contributed by atoms with van der Waals surface area (Å²) in [5.74, 6) is 1.19. The summed E-state index contributed by atoms with van der Waals surface area (Å²) in [4.78, 5) is 11.2. The Kier molecular flexibility index (Phi) is 2.02. The Labute approximate surface area is 77.7 Å². The molecule has 2 aliphatic rings. The standard InChI is InChI=1S/C10H14O3/c1-6-5-9(13-7(6)2)8-3-4-12-10(8)11/h6-7H,3-5H2,1-2H3/b9-8+/t6-,7+/m1/s1. The van der Waals surface area contributed by atoms with Gasteiger partial charge in [0.25, 0.3) is 0 Å². The highest BCUT2D eigenvalue weighted by Crippen LogP contribution is 2.33. The fraction of sp³-hybridized carbons (Fsp3) is 0.700. The largest absolute Gasteiger partial charge is 0.494 e. The molecule has 2 aliphatic heterocycles. The molecule has 2 atom stereocenters. The summed E-state index contributed by atoms with van der Waals surface area (Å²) in [6.07, 6.45) is 1.83. The highest BCUT2D eigenvalue weighted by atomic mass is 16.5. The van der Waals surface area contributed by atoms with Gasteiger partial charge in [-0.1, -0.05) is 6.92 Å². The van der Waals surface area contributed by atoms with Crippen LogP contribution in [0, 0.1) is 5.92 Å². The van der Waals surface area contributed by atoms with Crippen LogP contribution in [0.5, 0.6) is 0 Å². The average molecular weight is 182 g/mol. The van der Waals surface area contributed by atoms with Gasteiger partial charge < -0.3 is 9.47 Å². The molecule has 72 valence electrons. The number of carbonyl (C=O) groups excluding carboxylic acids is 1. The summed E-state index contributed by atoms with van der Waals surface area (Å²) in [5, 5.41) is 0. The van der Waals surface area contributed by atoms with Gasteiger partial charge in [-0.25, -0.2) is 4.79 Å². The SMILES string of the molecule is C[C@@H]1C/C(=C2/CCOC2=O)O[C@H]1C. The van der Waals surface area contributed by atoms with Crippen molar-refractivity contribution in [3.8, 4) is 0 Å². The molecule has 0 aromatic carbocycles. The molecule has 2 fully saturated rings. The second-order valence-corrected chi connectivity index (χ2v) is 3.79. The molecular weight excluding hydrogens is 168 g/mol. The molecule has 0 unspecified atom stereocenters. The second-order valence-electron chi connectivity index (χ2n) is 3.79. The Morgan fingerprint density at radius 3 is 2.62 bits per heavy atom. The van der Waals surface area contributed by atoms with Gasteiger partial charge in [0, 0.05) is 12.8 Å². The minimum atomic E-state index is -0.184. The summed E-state index contributed by atoms with van der Waals surface area (Å²) >= 11 is 0. The van der Waals surface area contributed by atoms with Crippen molar-refractivity contribution in [3.63, 3.8) is 0 Å². The maximum atomic E-state index is 11.2. The predicted octanol–water partition coefficient (Wildman–Crippen LogP) is 1.63. The van der Waals surface area contributed by atoms with Crippen molar-refractivity contribution in [1.82, 2.24) is 0 Å². The first kappa shape index (κ1) is 8.60. The maximum absolute atomic E-state index is 11.2. The zero-order chi connectivity index (χ0) is 9.42. The first-order valence-corrected chi connectivity index (χ1v) is 4.74. The van der Waals surface area contributed by atoms with Gasteiger partial charge in [0.2, 0.25) is 0 Å². The molecule has 2 heterocycles. The van der Waals surface area contributed by atoms with Crippen LogP contribution in [0.25, 0.3) is 0 Å². The molecular formula is C10H14O3. The van der Waals surface area contributed by atoms with E-state index in [-0.39, 0.29) is 12.1 Å². The van der Waals surface area contributed by atoms with Crippen LogP contribution in [0.4, 0.5) is 0 Å². The molecule has 0 N–H and O–H groups in total. The van der Waals surface area contributed by atoms with Crippen LogP contribution >= 0.6 is 0 Å². The predicted molar refractivity (Wildman–Crippen MR) is 46.9 cm³/mol. The summed E-state index contributed by atoms with van der Waals surface area (Å²) < 4.78 is 10.5. The van der Waals surface area contributed by atoms with Crippen molar-refractivity contribution in [2.45, 2.75) is 32.8 Å². The lowest BCUT2D eigenvalue weighted by atomic mass is 10.0. The number of allylic oxidation sites excluding steroid dienone is 1. The van der Waals surface area contributed by atoms with Crippen molar-refractivity contribution < 1.29 is 14.3 Å². The molecule has 0 aromatic rings. The number of rotatable bonds is 0. The van der Waals surface area contributed by atoms with Crippen molar-refractivity contribution in [2.75, 3.05) is 6.61 Å². The van der Waals surface area contributed by atoms with E-state index in [1.807, 2.05) is 6.92 Å². The molecule has 3 heteroatoms. The minimum absolute atomic E-state index is 0.184. The molecule has 2 rings (SSSR count). The van der Waals surface area contributed by atoms with E-state index in [4.69, 9.17) is 9.47 Å². The monoisotopic (exact) mass is 182 g/mol. The van der Waals surface area contributed by atoms with Crippen molar-refractivity contribution in [1.29, 1.82) is 0 Å². The second kappa shape index (κ2) is 3.05. The molecule has 3 nitrogen and oxygen atoms in total. The van der Waals surface area contributed by atoms with Gasteiger partial charge >= 0.3 is 5.97 Å². The quantitative estimate of drug-likeness (QED) is 0.422. The molecule has 0 saturated carbocycles. The fourth-order valence-electron chi connectivity index (χ4n) is 1.73. The van der Waals surface area contributed by atoms with Crippen molar-refractivity contribution in [2.24, 2.45) is 5.92 Å². The molecule has 0 bridgehead atoms. The zero-order valence-electron chi connectivity index (χ0n) is 8.00. The maximum Gasteiger partial charge on any atom is 0.337 e. The molecule has 0 radical (unpaired) electrons.